The Bertz CT molecular complexity index is 579. The van der Waals surface area contributed by atoms with Crippen molar-refractivity contribution in [1.82, 2.24) is 0 Å². The molecule has 0 bridgehead atoms. The van der Waals surface area contributed by atoms with Gasteiger partial charge in [-0.3, -0.25) is 0 Å². The summed E-state index contributed by atoms with van der Waals surface area (Å²) in [6.45, 7) is 0.173. The molecule has 0 aromatic heterocycles. The molecule has 2 rings (SSSR count). The second kappa shape index (κ2) is 6.68. The van der Waals surface area contributed by atoms with Crippen LogP contribution in [0.15, 0.2) is 48.5 Å². The van der Waals surface area contributed by atoms with Crippen LogP contribution in [0.4, 0.5) is 10.1 Å². The molecule has 0 saturated carbocycles. The third kappa shape index (κ3) is 3.80. The summed E-state index contributed by atoms with van der Waals surface area (Å²) in [5.74, 6) is 0.282. The van der Waals surface area contributed by atoms with Gasteiger partial charge in [0.05, 0.1) is 0 Å². The maximum atomic E-state index is 12.8. The predicted molar refractivity (Wildman–Crippen MR) is 73.8 cm³/mol. The standard InChI is InChI=1S/C15H14FNO3/c1-19-11-20-15-8-2-12(3-9-15)10-17(18)14-6-4-13(16)5-7-14/h2-10H,11H2,1H3/b17-10+. The Morgan fingerprint density at radius 3 is 2.35 bits per heavy atom. The SMILES string of the molecule is COCOc1ccc(/C=[N+](/[O-])c2ccc(F)cc2)cc1. The molecule has 5 heteroatoms. The maximum absolute atomic E-state index is 12.8. The van der Waals surface area contributed by atoms with Crippen LogP contribution in [0.5, 0.6) is 5.75 Å². The van der Waals surface area contributed by atoms with E-state index in [0.29, 0.717) is 21.7 Å². The first-order valence-electron chi connectivity index (χ1n) is 5.97. The zero-order chi connectivity index (χ0) is 14.4. The molecule has 0 N–H and O–H groups in total. The van der Waals surface area contributed by atoms with Gasteiger partial charge >= 0.3 is 0 Å². The van der Waals surface area contributed by atoms with Gasteiger partial charge in [0.2, 0.25) is 5.69 Å². The Morgan fingerprint density at radius 1 is 1.10 bits per heavy atom. The second-order valence-corrected chi connectivity index (χ2v) is 4.05. The van der Waals surface area contributed by atoms with E-state index in [1.807, 2.05) is 0 Å². The Balaban J connectivity index is 2.11. The van der Waals surface area contributed by atoms with Crippen LogP contribution in [0, 0.1) is 11.0 Å². The smallest absolute Gasteiger partial charge is 0.216 e. The van der Waals surface area contributed by atoms with Crippen LogP contribution in [0.1, 0.15) is 5.56 Å². The molecule has 0 amide bonds. The van der Waals surface area contributed by atoms with Crippen LogP contribution in [0.3, 0.4) is 0 Å². The first-order chi connectivity index (χ1) is 9.69. The van der Waals surface area contributed by atoms with Crippen molar-refractivity contribution in [3.05, 3.63) is 65.1 Å². The lowest BCUT2D eigenvalue weighted by Gasteiger charge is -2.05. The molecule has 0 aliphatic rings. The summed E-state index contributed by atoms with van der Waals surface area (Å²) < 4.78 is 23.5. The number of nitrogens with zero attached hydrogens (tertiary/aromatic N) is 1. The minimum absolute atomic E-state index is 0.173. The Kier molecular flexibility index (Phi) is 4.68. The van der Waals surface area contributed by atoms with E-state index in [9.17, 15) is 9.60 Å². The molecule has 0 saturated heterocycles. The van der Waals surface area contributed by atoms with Gasteiger partial charge in [0, 0.05) is 24.8 Å². The Labute approximate surface area is 116 Å². The lowest BCUT2D eigenvalue weighted by Crippen LogP contribution is -2.00. The van der Waals surface area contributed by atoms with E-state index >= 15 is 0 Å². The predicted octanol–water partition coefficient (Wildman–Crippen LogP) is 3.07. The molecule has 0 aliphatic heterocycles. The zero-order valence-corrected chi connectivity index (χ0v) is 11.0. The molecule has 0 spiro atoms. The summed E-state index contributed by atoms with van der Waals surface area (Å²) in [6, 6.07) is 12.3. The van der Waals surface area contributed by atoms with Crippen LogP contribution < -0.4 is 4.74 Å². The van der Waals surface area contributed by atoms with Gasteiger partial charge in [-0.15, -0.1) is 0 Å². The number of rotatable bonds is 5. The lowest BCUT2D eigenvalue weighted by molar-refractivity contribution is -0.354. The number of benzene rings is 2. The van der Waals surface area contributed by atoms with Crippen molar-refractivity contribution < 1.29 is 18.6 Å². The summed E-state index contributed by atoms with van der Waals surface area (Å²) in [5.41, 5.74) is 1.08. The minimum atomic E-state index is -0.373. The van der Waals surface area contributed by atoms with Crippen LogP contribution in [-0.4, -0.2) is 24.9 Å². The molecule has 4 nitrogen and oxygen atoms in total. The summed E-state index contributed by atoms with van der Waals surface area (Å²) in [6.07, 6.45) is 1.41. The van der Waals surface area contributed by atoms with Gasteiger partial charge in [-0.2, -0.15) is 4.74 Å². The van der Waals surface area contributed by atoms with Crippen molar-refractivity contribution in [2.75, 3.05) is 13.9 Å². The average molecular weight is 275 g/mol. The molecule has 0 unspecified atom stereocenters. The van der Waals surface area contributed by atoms with Crippen LogP contribution in [0.25, 0.3) is 0 Å². The first-order valence-corrected chi connectivity index (χ1v) is 5.97. The van der Waals surface area contributed by atoms with Gasteiger partial charge in [0.1, 0.15) is 11.6 Å². The molecule has 2 aromatic carbocycles. The van der Waals surface area contributed by atoms with E-state index < -0.39 is 0 Å². The fraction of sp³-hybridized carbons (Fsp3) is 0.133. The van der Waals surface area contributed by atoms with Crippen LogP contribution >= 0.6 is 0 Å². The van der Waals surface area contributed by atoms with Gasteiger partial charge in [0.25, 0.3) is 0 Å². The van der Waals surface area contributed by atoms with E-state index in [-0.39, 0.29) is 12.6 Å². The maximum Gasteiger partial charge on any atom is 0.216 e. The highest BCUT2D eigenvalue weighted by Crippen LogP contribution is 2.14. The van der Waals surface area contributed by atoms with Gasteiger partial charge in [-0.25, -0.2) is 4.39 Å². The molecule has 20 heavy (non-hydrogen) atoms. The van der Waals surface area contributed by atoms with Gasteiger partial charge in [-0.05, 0) is 36.4 Å². The van der Waals surface area contributed by atoms with Crippen LogP contribution in [0.2, 0.25) is 0 Å². The van der Waals surface area contributed by atoms with Crippen molar-refractivity contribution >= 4 is 11.9 Å². The van der Waals surface area contributed by atoms with Gasteiger partial charge < -0.3 is 14.7 Å². The topological polar surface area (TPSA) is 44.5 Å². The van der Waals surface area contributed by atoms with Crippen molar-refractivity contribution in [2.45, 2.75) is 0 Å². The van der Waals surface area contributed by atoms with Crippen LogP contribution in [-0.2, 0) is 4.74 Å². The highest BCUT2D eigenvalue weighted by molar-refractivity contribution is 5.76. The quantitative estimate of drug-likeness (QED) is 0.277. The molecule has 0 fully saturated rings. The van der Waals surface area contributed by atoms with Crippen molar-refractivity contribution in [2.24, 2.45) is 0 Å². The number of hydrogen-bond donors (Lipinski definition) is 0. The number of ether oxygens (including phenoxy) is 2. The van der Waals surface area contributed by atoms with Crippen molar-refractivity contribution in [3.63, 3.8) is 0 Å². The summed E-state index contributed by atoms with van der Waals surface area (Å²) in [4.78, 5) is 0. The van der Waals surface area contributed by atoms with Crippen molar-refractivity contribution in [1.29, 1.82) is 0 Å². The molecule has 0 heterocycles. The van der Waals surface area contributed by atoms with Gasteiger partial charge in [-0.1, -0.05) is 0 Å². The number of halogens is 1. The molecule has 0 radical (unpaired) electrons. The Hall–Kier alpha value is -2.40. The highest BCUT2D eigenvalue weighted by Gasteiger charge is 2.02. The molecule has 0 aliphatic carbocycles. The summed E-state index contributed by atoms with van der Waals surface area (Å²) >= 11 is 0. The number of hydrogen-bond acceptors (Lipinski definition) is 3. The highest BCUT2D eigenvalue weighted by atomic mass is 19.1. The number of methoxy groups -OCH3 is 1. The largest absolute Gasteiger partial charge is 0.618 e. The fourth-order valence-corrected chi connectivity index (χ4v) is 1.58. The molecule has 104 valence electrons. The van der Waals surface area contributed by atoms with E-state index in [2.05, 4.69) is 0 Å². The Morgan fingerprint density at radius 2 is 1.75 bits per heavy atom. The normalized spacial score (nSPS) is 11.4. The van der Waals surface area contributed by atoms with E-state index in [4.69, 9.17) is 9.47 Å². The van der Waals surface area contributed by atoms with Gasteiger partial charge in [0.15, 0.2) is 13.0 Å². The minimum Gasteiger partial charge on any atom is -0.618 e. The van der Waals surface area contributed by atoms with E-state index in [1.165, 1.54) is 30.5 Å². The molecule has 0 atom stereocenters. The fourth-order valence-electron chi connectivity index (χ4n) is 1.58. The lowest BCUT2D eigenvalue weighted by atomic mass is 10.2. The second-order valence-electron chi connectivity index (χ2n) is 4.05. The molecule has 2 aromatic rings. The average Bonchev–Trinajstić information content (AvgIpc) is 2.47. The third-order valence-corrected chi connectivity index (χ3v) is 2.57. The van der Waals surface area contributed by atoms with E-state index in [0.717, 1.165) is 0 Å². The summed E-state index contributed by atoms with van der Waals surface area (Å²) in [5, 5.41) is 11.9. The first kappa shape index (κ1) is 14.0. The molecular formula is C15H14FNO3. The van der Waals surface area contributed by atoms with E-state index in [1.54, 1.807) is 31.4 Å². The molecular weight excluding hydrogens is 261 g/mol. The monoisotopic (exact) mass is 275 g/mol. The third-order valence-electron chi connectivity index (χ3n) is 2.57. The summed E-state index contributed by atoms with van der Waals surface area (Å²) in [7, 11) is 1.54. The van der Waals surface area contributed by atoms with Crippen molar-refractivity contribution in [3.8, 4) is 5.75 Å². The zero-order valence-electron chi connectivity index (χ0n) is 11.0.